The van der Waals surface area contributed by atoms with Crippen LogP contribution in [-0.4, -0.2) is 66.9 Å². The third kappa shape index (κ3) is 5.16. The van der Waals surface area contributed by atoms with Gasteiger partial charge in [0.05, 0.1) is 12.6 Å². The zero-order valence-corrected chi connectivity index (χ0v) is 12.0. The molecule has 0 saturated carbocycles. The summed E-state index contributed by atoms with van der Waals surface area (Å²) in [6.45, 7) is 7.88. The Kier molecular flexibility index (Phi) is 6.80. The maximum atomic E-state index is 11.9. The lowest BCUT2D eigenvalue weighted by Gasteiger charge is -2.35. The molecule has 19 heavy (non-hydrogen) atoms. The number of rotatable bonds is 6. The van der Waals surface area contributed by atoms with Crippen molar-refractivity contribution in [1.29, 1.82) is 0 Å². The van der Waals surface area contributed by atoms with E-state index in [4.69, 9.17) is 5.73 Å². The lowest BCUT2D eigenvalue weighted by Crippen LogP contribution is -2.54. The van der Waals surface area contributed by atoms with Crippen LogP contribution < -0.4 is 11.1 Å². The first-order chi connectivity index (χ1) is 9.08. The molecule has 0 aromatic rings. The summed E-state index contributed by atoms with van der Waals surface area (Å²) < 4.78 is 0. The lowest BCUT2D eigenvalue weighted by atomic mass is 10.2. The Balaban J connectivity index is 2.29. The minimum Gasteiger partial charge on any atom is -0.355 e. The highest BCUT2D eigenvalue weighted by Gasteiger charge is 2.24. The molecular formula is C13H26N4O2. The highest BCUT2D eigenvalue weighted by Crippen LogP contribution is 2.04. The van der Waals surface area contributed by atoms with E-state index in [0.717, 1.165) is 26.1 Å². The van der Waals surface area contributed by atoms with Crippen molar-refractivity contribution in [3.05, 3.63) is 0 Å². The summed E-state index contributed by atoms with van der Waals surface area (Å²) in [5.41, 5.74) is 5.75. The largest absolute Gasteiger partial charge is 0.355 e. The average Bonchev–Trinajstić information content (AvgIpc) is 2.44. The average molecular weight is 270 g/mol. The molecule has 1 aliphatic heterocycles. The molecule has 0 radical (unpaired) electrons. The minimum absolute atomic E-state index is 0.0255. The van der Waals surface area contributed by atoms with E-state index in [1.165, 1.54) is 0 Å². The van der Waals surface area contributed by atoms with E-state index in [1.54, 1.807) is 4.90 Å². The summed E-state index contributed by atoms with van der Waals surface area (Å²) in [6.07, 6.45) is 1.61. The number of carbonyl (C=O) groups excluding carboxylic acids is 2. The second kappa shape index (κ2) is 8.12. The molecule has 0 aliphatic carbocycles. The molecule has 6 nitrogen and oxygen atoms in total. The number of amides is 2. The van der Waals surface area contributed by atoms with Crippen LogP contribution in [0.5, 0.6) is 0 Å². The Morgan fingerprint density at radius 2 is 1.84 bits per heavy atom. The number of nitrogens with two attached hydrogens (primary N) is 1. The van der Waals surface area contributed by atoms with Gasteiger partial charge in [0.15, 0.2) is 0 Å². The predicted molar refractivity (Wildman–Crippen MR) is 74.6 cm³/mol. The monoisotopic (exact) mass is 270 g/mol. The predicted octanol–water partition coefficient (Wildman–Crippen LogP) is -0.606. The smallest absolute Gasteiger partial charge is 0.239 e. The Labute approximate surface area is 115 Å². The maximum absolute atomic E-state index is 11.9. The highest BCUT2D eigenvalue weighted by atomic mass is 16.2. The molecule has 1 fully saturated rings. The van der Waals surface area contributed by atoms with Crippen molar-refractivity contribution in [2.75, 3.05) is 39.3 Å². The first-order valence-electron chi connectivity index (χ1n) is 7.11. The van der Waals surface area contributed by atoms with Crippen LogP contribution in [0.4, 0.5) is 0 Å². The molecule has 3 N–H and O–H groups in total. The van der Waals surface area contributed by atoms with Gasteiger partial charge >= 0.3 is 0 Å². The molecule has 1 saturated heterocycles. The van der Waals surface area contributed by atoms with Gasteiger partial charge in [-0.1, -0.05) is 13.8 Å². The van der Waals surface area contributed by atoms with Crippen LogP contribution in [0, 0.1) is 0 Å². The number of hydrogen-bond acceptors (Lipinski definition) is 4. The molecule has 2 amide bonds. The van der Waals surface area contributed by atoms with Crippen LogP contribution in [0.15, 0.2) is 0 Å². The van der Waals surface area contributed by atoms with Crippen molar-refractivity contribution in [2.45, 2.75) is 32.7 Å². The maximum Gasteiger partial charge on any atom is 0.239 e. The number of nitrogens with zero attached hydrogens (tertiary/aromatic N) is 2. The van der Waals surface area contributed by atoms with Gasteiger partial charge in [-0.2, -0.15) is 0 Å². The summed E-state index contributed by atoms with van der Waals surface area (Å²) in [6, 6.07) is -0.389. The number of carbonyl (C=O) groups is 2. The van der Waals surface area contributed by atoms with Gasteiger partial charge < -0.3 is 16.0 Å². The molecule has 1 heterocycles. The van der Waals surface area contributed by atoms with Gasteiger partial charge in [0.25, 0.3) is 0 Å². The normalized spacial score (nSPS) is 18.2. The third-order valence-corrected chi connectivity index (χ3v) is 3.38. The molecule has 0 bridgehead atoms. The second-order valence-corrected chi connectivity index (χ2v) is 4.97. The molecule has 0 aromatic heterocycles. The van der Waals surface area contributed by atoms with Crippen LogP contribution in [0.1, 0.15) is 26.7 Å². The van der Waals surface area contributed by atoms with Crippen LogP contribution in [0.3, 0.4) is 0 Å². The zero-order valence-electron chi connectivity index (χ0n) is 12.0. The van der Waals surface area contributed by atoms with Crippen LogP contribution >= 0.6 is 0 Å². The van der Waals surface area contributed by atoms with Gasteiger partial charge in [0.1, 0.15) is 0 Å². The third-order valence-electron chi connectivity index (χ3n) is 3.38. The summed E-state index contributed by atoms with van der Waals surface area (Å²) in [5, 5.41) is 2.86. The Bertz CT molecular complexity index is 301. The van der Waals surface area contributed by atoms with Gasteiger partial charge in [-0.3, -0.25) is 14.5 Å². The molecule has 110 valence electrons. The summed E-state index contributed by atoms with van der Waals surface area (Å²) in [7, 11) is 0. The molecule has 0 aromatic carbocycles. The Morgan fingerprint density at radius 3 is 2.37 bits per heavy atom. The fraction of sp³-hybridized carbons (Fsp3) is 0.846. The SMILES string of the molecule is CCCNC(=O)CN1CCN(C(=O)[C@H](N)CC)CC1. The molecular weight excluding hydrogens is 244 g/mol. The summed E-state index contributed by atoms with van der Waals surface area (Å²) in [4.78, 5) is 27.4. The van der Waals surface area contributed by atoms with Crippen molar-refractivity contribution in [3.8, 4) is 0 Å². The highest BCUT2D eigenvalue weighted by molar-refractivity contribution is 5.81. The fourth-order valence-electron chi connectivity index (χ4n) is 2.06. The van der Waals surface area contributed by atoms with Gasteiger partial charge in [-0.25, -0.2) is 0 Å². The lowest BCUT2D eigenvalue weighted by molar-refractivity contribution is -0.134. The van der Waals surface area contributed by atoms with Crippen molar-refractivity contribution in [1.82, 2.24) is 15.1 Å². The number of piperazine rings is 1. The first kappa shape index (κ1) is 15.9. The molecule has 1 aliphatic rings. The van der Waals surface area contributed by atoms with E-state index >= 15 is 0 Å². The van der Waals surface area contributed by atoms with Gasteiger partial charge in [0, 0.05) is 32.7 Å². The topological polar surface area (TPSA) is 78.7 Å². The minimum atomic E-state index is -0.389. The molecule has 1 atom stereocenters. The van der Waals surface area contributed by atoms with E-state index in [2.05, 4.69) is 10.2 Å². The summed E-state index contributed by atoms with van der Waals surface area (Å²) in [5.74, 6) is 0.0875. The van der Waals surface area contributed by atoms with Crippen molar-refractivity contribution in [3.63, 3.8) is 0 Å². The second-order valence-electron chi connectivity index (χ2n) is 4.97. The van der Waals surface area contributed by atoms with Gasteiger partial charge in [-0.15, -0.1) is 0 Å². The molecule has 0 unspecified atom stereocenters. The zero-order chi connectivity index (χ0) is 14.3. The van der Waals surface area contributed by atoms with Crippen LogP contribution in [0.2, 0.25) is 0 Å². The first-order valence-corrected chi connectivity index (χ1v) is 7.11. The summed E-state index contributed by atoms with van der Waals surface area (Å²) >= 11 is 0. The van der Waals surface area contributed by atoms with E-state index in [1.807, 2.05) is 13.8 Å². The van der Waals surface area contributed by atoms with Crippen LogP contribution in [-0.2, 0) is 9.59 Å². The van der Waals surface area contributed by atoms with E-state index in [-0.39, 0.29) is 17.9 Å². The standard InChI is InChI=1S/C13H26N4O2/c1-3-5-15-12(18)10-16-6-8-17(9-7-16)13(19)11(14)4-2/h11H,3-10,14H2,1-2H3,(H,15,18)/t11-/m1/s1. The quantitative estimate of drug-likeness (QED) is 0.675. The molecule has 1 rings (SSSR count). The van der Waals surface area contributed by atoms with Crippen molar-refractivity contribution < 1.29 is 9.59 Å². The van der Waals surface area contributed by atoms with E-state index in [9.17, 15) is 9.59 Å². The fourth-order valence-corrected chi connectivity index (χ4v) is 2.06. The Hall–Kier alpha value is -1.14. The van der Waals surface area contributed by atoms with Gasteiger partial charge in [0.2, 0.25) is 11.8 Å². The van der Waals surface area contributed by atoms with Crippen molar-refractivity contribution >= 4 is 11.8 Å². The number of nitrogens with one attached hydrogen (secondary N) is 1. The van der Waals surface area contributed by atoms with Crippen molar-refractivity contribution in [2.24, 2.45) is 5.73 Å². The molecule has 0 spiro atoms. The molecule has 6 heteroatoms. The van der Waals surface area contributed by atoms with Gasteiger partial charge in [-0.05, 0) is 12.8 Å². The van der Waals surface area contributed by atoms with E-state index < -0.39 is 0 Å². The number of hydrogen-bond donors (Lipinski definition) is 2. The van der Waals surface area contributed by atoms with Crippen LogP contribution in [0.25, 0.3) is 0 Å². The Morgan fingerprint density at radius 1 is 1.21 bits per heavy atom. The van der Waals surface area contributed by atoms with E-state index in [0.29, 0.717) is 26.1 Å².